The summed E-state index contributed by atoms with van der Waals surface area (Å²) < 4.78 is 2.24. The van der Waals surface area contributed by atoms with Crippen molar-refractivity contribution in [2.45, 2.75) is 32.4 Å². The van der Waals surface area contributed by atoms with Crippen LogP contribution in [0.15, 0.2) is 29.1 Å². The Labute approximate surface area is 123 Å². The van der Waals surface area contributed by atoms with E-state index in [1.54, 1.807) is 4.57 Å². The van der Waals surface area contributed by atoms with Crippen molar-refractivity contribution in [3.05, 3.63) is 39.4 Å². The minimum Gasteiger partial charge on any atom is -0.332 e. The molecule has 1 atom stereocenters. The summed E-state index contributed by atoms with van der Waals surface area (Å²) in [5, 5.41) is 0.710. The number of nitrogens with one attached hydrogen (secondary N) is 1. The van der Waals surface area contributed by atoms with Gasteiger partial charge < -0.3 is 4.98 Å². The molecule has 1 fully saturated rings. The smallest absolute Gasteiger partial charge is 0.262 e. The fourth-order valence-corrected chi connectivity index (χ4v) is 3.36. The molecule has 3 rings (SSSR count). The van der Waals surface area contributed by atoms with Crippen LogP contribution in [0.2, 0.25) is 0 Å². The second-order valence-electron chi connectivity index (χ2n) is 5.32. The summed E-state index contributed by atoms with van der Waals surface area (Å²) in [5.41, 5.74) is 0.838. The fraction of sp³-hybridized carbons (Fsp3) is 0.467. The van der Waals surface area contributed by atoms with E-state index in [4.69, 9.17) is 12.2 Å². The van der Waals surface area contributed by atoms with Gasteiger partial charge in [0, 0.05) is 12.6 Å². The van der Waals surface area contributed by atoms with Crippen LogP contribution in [-0.4, -0.2) is 33.6 Å². The van der Waals surface area contributed by atoms with Crippen molar-refractivity contribution in [1.82, 2.24) is 14.5 Å². The van der Waals surface area contributed by atoms with E-state index in [1.165, 1.54) is 6.42 Å². The molecule has 1 aromatic carbocycles. The highest BCUT2D eigenvalue weighted by molar-refractivity contribution is 7.71. The highest BCUT2D eigenvalue weighted by Crippen LogP contribution is 2.18. The molecule has 5 heteroatoms. The van der Waals surface area contributed by atoms with E-state index in [2.05, 4.69) is 16.8 Å². The Balaban J connectivity index is 2.03. The van der Waals surface area contributed by atoms with Crippen molar-refractivity contribution in [3.8, 4) is 0 Å². The summed E-state index contributed by atoms with van der Waals surface area (Å²) in [6.07, 6.45) is 2.35. The van der Waals surface area contributed by atoms with E-state index in [0.717, 1.165) is 25.0 Å². The molecule has 1 aliphatic heterocycles. The zero-order chi connectivity index (χ0) is 14.1. The third-order valence-electron chi connectivity index (χ3n) is 4.19. The lowest BCUT2D eigenvalue weighted by atomic mass is 10.2. The predicted molar refractivity (Wildman–Crippen MR) is 83.7 cm³/mol. The zero-order valence-corrected chi connectivity index (χ0v) is 12.4. The molecule has 0 amide bonds. The highest BCUT2D eigenvalue weighted by Gasteiger charge is 2.24. The van der Waals surface area contributed by atoms with Crippen LogP contribution in [0, 0.1) is 4.77 Å². The van der Waals surface area contributed by atoms with Gasteiger partial charge in [-0.05, 0) is 50.3 Å². The van der Waals surface area contributed by atoms with E-state index >= 15 is 0 Å². The molecule has 2 heterocycles. The van der Waals surface area contributed by atoms with Crippen molar-refractivity contribution >= 4 is 23.1 Å². The molecular weight excluding hydrogens is 270 g/mol. The molecule has 0 aliphatic carbocycles. The predicted octanol–water partition coefficient (Wildman–Crippen LogP) is 2.54. The second-order valence-corrected chi connectivity index (χ2v) is 5.70. The third kappa shape index (κ3) is 2.31. The molecule has 20 heavy (non-hydrogen) atoms. The Hall–Kier alpha value is -1.46. The van der Waals surface area contributed by atoms with Gasteiger partial charge in [-0.2, -0.15) is 0 Å². The number of hydrogen-bond donors (Lipinski definition) is 1. The molecule has 1 unspecified atom stereocenters. The maximum Gasteiger partial charge on any atom is 0.262 e. The van der Waals surface area contributed by atoms with Gasteiger partial charge >= 0.3 is 0 Å². The average Bonchev–Trinajstić information content (AvgIpc) is 2.90. The van der Waals surface area contributed by atoms with Crippen LogP contribution in [-0.2, 0) is 6.54 Å². The Morgan fingerprint density at radius 2 is 2.20 bits per heavy atom. The molecule has 1 aromatic heterocycles. The maximum absolute atomic E-state index is 12.6. The second kappa shape index (κ2) is 5.50. The van der Waals surface area contributed by atoms with Gasteiger partial charge in [0.1, 0.15) is 0 Å². The Kier molecular flexibility index (Phi) is 3.72. The summed E-state index contributed by atoms with van der Waals surface area (Å²) in [6.45, 7) is 5.01. The van der Waals surface area contributed by atoms with Crippen molar-refractivity contribution in [2.24, 2.45) is 0 Å². The van der Waals surface area contributed by atoms with E-state index in [1.807, 2.05) is 24.3 Å². The summed E-state index contributed by atoms with van der Waals surface area (Å²) in [4.78, 5) is 18.2. The summed E-state index contributed by atoms with van der Waals surface area (Å²) >= 11 is 5.37. The van der Waals surface area contributed by atoms with Gasteiger partial charge in [0.15, 0.2) is 4.77 Å². The Morgan fingerprint density at radius 3 is 3.00 bits per heavy atom. The maximum atomic E-state index is 12.6. The standard InChI is InChI=1S/C15H19N3OS/c1-2-17-9-5-6-11(17)10-18-14(19)12-7-3-4-8-13(12)16-15(18)20/h3-4,7-8,11H,2,5-6,9-10H2,1H3,(H,16,20). The van der Waals surface area contributed by atoms with Crippen LogP contribution >= 0.6 is 12.2 Å². The zero-order valence-electron chi connectivity index (χ0n) is 11.6. The van der Waals surface area contributed by atoms with Crippen molar-refractivity contribution in [1.29, 1.82) is 0 Å². The van der Waals surface area contributed by atoms with Crippen LogP contribution in [0.5, 0.6) is 0 Å². The first kappa shape index (κ1) is 13.5. The highest BCUT2D eigenvalue weighted by atomic mass is 32.1. The molecule has 0 bridgehead atoms. The molecular formula is C15H19N3OS. The van der Waals surface area contributed by atoms with Gasteiger partial charge in [-0.25, -0.2) is 0 Å². The minimum absolute atomic E-state index is 0.0207. The van der Waals surface area contributed by atoms with E-state index in [0.29, 0.717) is 22.7 Å². The Bertz CT molecular complexity index is 734. The number of likely N-dealkylation sites (tertiary alicyclic amines) is 1. The van der Waals surface area contributed by atoms with Gasteiger partial charge in [-0.15, -0.1) is 0 Å². The van der Waals surface area contributed by atoms with Crippen LogP contribution in [0.25, 0.3) is 10.9 Å². The van der Waals surface area contributed by atoms with Crippen LogP contribution in [0.1, 0.15) is 19.8 Å². The van der Waals surface area contributed by atoms with E-state index in [-0.39, 0.29) is 5.56 Å². The fourth-order valence-electron chi connectivity index (χ4n) is 3.09. The number of benzene rings is 1. The molecule has 1 saturated heterocycles. The molecule has 0 spiro atoms. The lowest BCUT2D eigenvalue weighted by Crippen LogP contribution is -2.36. The van der Waals surface area contributed by atoms with Crippen LogP contribution < -0.4 is 5.56 Å². The number of aromatic amines is 1. The number of fused-ring (bicyclic) bond motifs is 1. The van der Waals surface area contributed by atoms with Crippen LogP contribution in [0.4, 0.5) is 0 Å². The van der Waals surface area contributed by atoms with E-state index in [9.17, 15) is 4.79 Å². The molecule has 1 aliphatic rings. The SMILES string of the molecule is CCN1CCCC1Cn1c(=S)[nH]c2ccccc2c1=O. The van der Waals surface area contributed by atoms with Crippen molar-refractivity contribution in [3.63, 3.8) is 0 Å². The monoisotopic (exact) mass is 289 g/mol. The minimum atomic E-state index is 0.0207. The van der Waals surface area contributed by atoms with Crippen molar-refractivity contribution < 1.29 is 0 Å². The Morgan fingerprint density at radius 1 is 1.40 bits per heavy atom. The summed E-state index contributed by atoms with van der Waals surface area (Å²) in [6, 6.07) is 7.97. The molecule has 0 radical (unpaired) electrons. The van der Waals surface area contributed by atoms with Gasteiger partial charge in [0.2, 0.25) is 0 Å². The lowest BCUT2D eigenvalue weighted by molar-refractivity contribution is 0.241. The number of likely N-dealkylation sites (N-methyl/N-ethyl adjacent to an activating group) is 1. The molecule has 1 N–H and O–H groups in total. The first-order chi connectivity index (χ1) is 9.70. The number of nitrogens with zero attached hydrogens (tertiary/aromatic N) is 2. The topological polar surface area (TPSA) is 41.0 Å². The quantitative estimate of drug-likeness (QED) is 0.883. The van der Waals surface area contributed by atoms with Gasteiger partial charge in [0.25, 0.3) is 5.56 Å². The van der Waals surface area contributed by atoms with Gasteiger partial charge in [-0.1, -0.05) is 19.1 Å². The first-order valence-electron chi connectivity index (χ1n) is 7.16. The molecule has 0 saturated carbocycles. The van der Waals surface area contributed by atoms with Crippen molar-refractivity contribution in [2.75, 3.05) is 13.1 Å². The summed E-state index contributed by atoms with van der Waals surface area (Å²) in [7, 11) is 0. The van der Waals surface area contributed by atoms with Gasteiger partial charge in [-0.3, -0.25) is 14.3 Å². The number of H-pyrrole nitrogens is 1. The van der Waals surface area contributed by atoms with E-state index < -0.39 is 0 Å². The van der Waals surface area contributed by atoms with Crippen LogP contribution in [0.3, 0.4) is 0 Å². The number of rotatable bonds is 3. The molecule has 2 aromatic rings. The van der Waals surface area contributed by atoms with Gasteiger partial charge in [0.05, 0.1) is 10.9 Å². The summed E-state index contributed by atoms with van der Waals surface area (Å²) in [5.74, 6) is 0. The first-order valence-corrected chi connectivity index (χ1v) is 7.57. The molecule has 106 valence electrons. The number of hydrogen-bond acceptors (Lipinski definition) is 3. The lowest BCUT2D eigenvalue weighted by Gasteiger charge is -2.23. The number of para-hydroxylation sites is 1. The molecule has 4 nitrogen and oxygen atoms in total. The normalized spacial score (nSPS) is 19.8. The third-order valence-corrected chi connectivity index (χ3v) is 4.51. The average molecular weight is 289 g/mol. The largest absolute Gasteiger partial charge is 0.332 e. The number of aromatic nitrogens is 2.